The largest absolute Gasteiger partial charge is 0.508 e. The first kappa shape index (κ1) is 11.5. The molecule has 1 aromatic carbocycles. The molecule has 2 heteroatoms. The lowest BCUT2D eigenvalue weighted by atomic mass is 9.69. The molecule has 1 aliphatic carbocycles. The highest BCUT2D eigenvalue weighted by molar-refractivity contribution is 5.39. The van der Waals surface area contributed by atoms with Gasteiger partial charge in [-0.3, -0.25) is 0 Å². The minimum atomic E-state index is 0.0400. The van der Waals surface area contributed by atoms with Crippen LogP contribution >= 0.6 is 0 Å². The van der Waals surface area contributed by atoms with Gasteiger partial charge in [-0.2, -0.15) is 0 Å². The van der Waals surface area contributed by atoms with Gasteiger partial charge < -0.3 is 9.84 Å². The van der Waals surface area contributed by atoms with Crippen LogP contribution in [-0.4, -0.2) is 18.8 Å². The van der Waals surface area contributed by atoms with Gasteiger partial charge in [-0.05, 0) is 18.9 Å². The van der Waals surface area contributed by atoms with Gasteiger partial charge in [0.15, 0.2) is 0 Å². The summed E-state index contributed by atoms with van der Waals surface area (Å²) in [6.45, 7) is 0.713. The van der Waals surface area contributed by atoms with Crippen LogP contribution in [0.2, 0.25) is 0 Å². The molecule has 1 aromatic rings. The van der Waals surface area contributed by atoms with Gasteiger partial charge in [-0.1, -0.05) is 37.5 Å². The molecular weight excluding hydrogens is 200 g/mol. The lowest BCUT2D eigenvalue weighted by molar-refractivity contribution is 0.102. The van der Waals surface area contributed by atoms with Gasteiger partial charge in [-0.15, -0.1) is 0 Å². The molecule has 1 fully saturated rings. The van der Waals surface area contributed by atoms with Crippen molar-refractivity contribution in [2.75, 3.05) is 13.7 Å². The molecule has 0 heterocycles. The van der Waals surface area contributed by atoms with Crippen molar-refractivity contribution in [2.45, 2.75) is 37.5 Å². The van der Waals surface area contributed by atoms with Gasteiger partial charge in [0.1, 0.15) is 5.75 Å². The van der Waals surface area contributed by atoms with E-state index < -0.39 is 0 Å². The third kappa shape index (κ3) is 2.07. The zero-order valence-corrected chi connectivity index (χ0v) is 9.91. The average Bonchev–Trinajstić information content (AvgIpc) is 2.31. The van der Waals surface area contributed by atoms with Crippen molar-refractivity contribution in [2.24, 2.45) is 0 Å². The van der Waals surface area contributed by atoms with Crippen LogP contribution < -0.4 is 0 Å². The number of para-hydroxylation sites is 1. The maximum atomic E-state index is 10.00. The molecule has 1 N–H and O–H groups in total. The predicted octanol–water partition coefficient (Wildman–Crippen LogP) is 3.24. The van der Waals surface area contributed by atoms with E-state index >= 15 is 0 Å². The summed E-state index contributed by atoms with van der Waals surface area (Å²) in [7, 11) is 1.75. The van der Waals surface area contributed by atoms with E-state index in [0.29, 0.717) is 12.4 Å². The van der Waals surface area contributed by atoms with Crippen molar-refractivity contribution in [3.05, 3.63) is 29.8 Å². The number of methoxy groups -OCH3 is 1. The molecular formula is C14H20O2. The third-order valence-electron chi connectivity index (χ3n) is 3.71. The molecule has 0 unspecified atom stereocenters. The number of phenols is 1. The summed E-state index contributed by atoms with van der Waals surface area (Å²) in [6.07, 6.45) is 6.02. The normalized spacial score (nSPS) is 19.6. The Morgan fingerprint density at radius 3 is 2.50 bits per heavy atom. The van der Waals surface area contributed by atoms with Crippen molar-refractivity contribution in [3.8, 4) is 5.75 Å². The molecule has 0 saturated heterocycles. The van der Waals surface area contributed by atoms with Crippen LogP contribution in [0.15, 0.2) is 24.3 Å². The SMILES string of the molecule is COCC1(c2ccccc2O)CCCCC1. The quantitative estimate of drug-likeness (QED) is 0.847. The van der Waals surface area contributed by atoms with Crippen LogP contribution in [-0.2, 0) is 10.2 Å². The van der Waals surface area contributed by atoms with Crippen molar-refractivity contribution in [1.82, 2.24) is 0 Å². The Kier molecular flexibility index (Phi) is 3.49. The molecule has 0 atom stereocenters. The minimum Gasteiger partial charge on any atom is -0.508 e. The monoisotopic (exact) mass is 220 g/mol. The fraction of sp³-hybridized carbons (Fsp3) is 0.571. The van der Waals surface area contributed by atoms with Crippen LogP contribution in [0.4, 0.5) is 0 Å². The fourth-order valence-electron chi connectivity index (χ4n) is 2.92. The highest BCUT2D eigenvalue weighted by atomic mass is 16.5. The maximum absolute atomic E-state index is 10.00. The smallest absolute Gasteiger partial charge is 0.119 e. The Morgan fingerprint density at radius 1 is 1.19 bits per heavy atom. The maximum Gasteiger partial charge on any atom is 0.119 e. The molecule has 0 aromatic heterocycles. The van der Waals surface area contributed by atoms with Gasteiger partial charge in [0.05, 0.1) is 6.61 Å². The molecule has 16 heavy (non-hydrogen) atoms. The molecule has 0 aliphatic heterocycles. The summed E-state index contributed by atoms with van der Waals surface area (Å²) in [5, 5.41) is 10.00. The zero-order chi connectivity index (χ0) is 11.4. The van der Waals surface area contributed by atoms with E-state index in [9.17, 15) is 5.11 Å². The first-order valence-electron chi connectivity index (χ1n) is 6.06. The van der Waals surface area contributed by atoms with Crippen LogP contribution in [0.5, 0.6) is 5.75 Å². The summed E-state index contributed by atoms with van der Waals surface area (Å²) >= 11 is 0. The molecule has 1 saturated carbocycles. The Labute approximate surface area is 97.3 Å². The zero-order valence-electron chi connectivity index (χ0n) is 9.91. The van der Waals surface area contributed by atoms with Crippen LogP contribution in [0.3, 0.4) is 0 Å². The van der Waals surface area contributed by atoms with E-state index in [4.69, 9.17) is 4.74 Å². The molecule has 2 nitrogen and oxygen atoms in total. The molecule has 1 aliphatic rings. The predicted molar refractivity (Wildman–Crippen MR) is 64.7 cm³/mol. The van der Waals surface area contributed by atoms with Gasteiger partial charge in [-0.25, -0.2) is 0 Å². The van der Waals surface area contributed by atoms with E-state index in [1.807, 2.05) is 18.2 Å². The summed E-state index contributed by atoms with van der Waals surface area (Å²) in [4.78, 5) is 0. The van der Waals surface area contributed by atoms with E-state index in [0.717, 1.165) is 18.4 Å². The number of ether oxygens (including phenoxy) is 1. The van der Waals surface area contributed by atoms with E-state index in [1.54, 1.807) is 13.2 Å². The van der Waals surface area contributed by atoms with Crippen LogP contribution in [0, 0.1) is 0 Å². The Morgan fingerprint density at radius 2 is 1.88 bits per heavy atom. The molecule has 0 amide bonds. The highest BCUT2D eigenvalue weighted by Crippen LogP contribution is 2.42. The van der Waals surface area contributed by atoms with Crippen molar-refractivity contribution in [1.29, 1.82) is 0 Å². The standard InChI is InChI=1S/C14H20O2/c1-16-11-14(9-5-2-6-10-14)12-7-3-4-8-13(12)15/h3-4,7-8,15H,2,5-6,9-11H2,1H3. The Hall–Kier alpha value is -1.02. The molecule has 88 valence electrons. The number of hydrogen-bond acceptors (Lipinski definition) is 2. The lowest BCUT2D eigenvalue weighted by Gasteiger charge is -2.37. The fourth-order valence-corrected chi connectivity index (χ4v) is 2.92. The van der Waals surface area contributed by atoms with E-state index in [1.165, 1.54) is 19.3 Å². The summed E-state index contributed by atoms with van der Waals surface area (Å²) in [5.74, 6) is 0.418. The molecule has 0 bridgehead atoms. The van der Waals surface area contributed by atoms with Gasteiger partial charge in [0.25, 0.3) is 0 Å². The summed E-state index contributed by atoms with van der Waals surface area (Å²) in [6, 6.07) is 7.70. The molecule has 0 radical (unpaired) electrons. The van der Waals surface area contributed by atoms with Gasteiger partial charge in [0, 0.05) is 18.1 Å². The number of hydrogen-bond donors (Lipinski definition) is 1. The summed E-state index contributed by atoms with van der Waals surface area (Å²) in [5.41, 5.74) is 1.11. The van der Waals surface area contributed by atoms with Crippen molar-refractivity contribution >= 4 is 0 Å². The third-order valence-corrected chi connectivity index (χ3v) is 3.71. The average molecular weight is 220 g/mol. The van der Waals surface area contributed by atoms with Crippen molar-refractivity contribution in [3.63, 3.8) is 0 Å². The second-order valence-corrected chi connectivity index (χ2v) is 4.79. The van der Waals surface area contributed by atoms with Gasteiger partial charge in [0.2, 0.25) is 0 Å². The van der Waals surface area contributed by atoms with Crippen LogP contribution in [0.1, 0.15) is 37.7 Å². The minimum absolute atomic E-state index is 0.0400. The number of benzene rings is 1. The lowest BCUT2D eigenvalue weighted by Crippen LogP contribution is -2.34. The first-order valence-corrected chi connectivity index (χ1v) is 6.06. The molecule has 0 spiro atoms. The Balaban J connectivity index is 2.34. The summed E-state index contributed by atoms with van der Waals surface area (Å²) < 4.78 is 5.38. The highest BCUT2D eigenvalue weighted by Gasteiger charge is 2.35. The number of aromatic hydroxyl groups is 1. The van der Waals surface area contributed by atoms with Crippen LogP contribution in [0.25, 0.3) is 0 Å². The topological polar surface area (TPSA) is 29.5 Å². The first-order chi connectivity index (χ1) is 7.78. The number of rotatable bonds is 3. The van der Waals surface area contributed by atoms with E-state index in [2.05, 4.69) is 0 Å². The Bertz CT molecular complexity index is 335. The number of phenolic OH excluding ortho intramolecular Hbond substituents is 1. The molecule has 2 rings (SSSR count). The van der Waals surface area contributed by atoms with Crippen molar-refractivity contribution < 1.29 is 9.84 Å². The van der Waals surface area contributed by atoms with Gasteiger partial charge >= 0.3 is 0 Å². The second-order valence-electron chi connectivity index (χ2n) is 4.79. The second kappa shape index (κ2) is 4.88. The van der Waals surface area contributed by atoms with E-state index in [-0.39, 0.29) is 5.41 Å².